The third-order valence-electron chi connectivity index (χ3n) is 7.57. The van der Waals surface area contributed by atoms with Gasteiger partial charge in [0.1, 0.15) is 28.8 Å². The molecule has 2 N–H and O–H groups in total. The lowest BCUT2D eigenvalue weighted by Crippen LogP contribution is -2.37. The third-order valence-corrected chi connectivity index (χ3v) is 7.57. The number of hydrogen-bond acceptors (Lipinski definition) is 6. The topological polar surface area (TPSA) is 95.6 Å². The third kappa shape index (κ3) is 5.62. The van der Waals surface area contributed by atoms with Gasteiger partial charge in [-0.1, -0.05) is 12.6 Å². The Morgan fingerprint density at radius 2 is 1.93 bits per heavy atom. The van der Waals surface area contributed by atoms with Crippen LogP contribution in [0.5, 0.6) is 17.4 Å². The second kappa shape index (κ2) is 11.0. The van der Waals surface area contributed by atoms with Crippen LogP contribution in [0.15, 0.2) is 61.6 Å². The predicted octanol–water partition coefficient (Wildman–Crippen LogP) is 6.30. The van der Waals surface area contributed by atoms with Gasteiger partial charge in [-0.05, 0) is 62.2 Å². The molecule has 0 spiro atoms. The number of halogens is 3. The maximum absolute atomic E-state index is 13.9. The number of aromatic amines is 1. The molecule has 0 unspecified atom stereocenters. The predicted molar refractivity (Wildman–Crippen MR) is 151 cm³/mol. The summed E-state index contributed by atoms with van der Waals surface area (Å²) in [5.74, 6) is 0.684. The molecule has 0 atom stereocenters. The number of likely N-dealkylation sites (tertiary alicyclic amines) is 1. The van der Waals surface area contributed by atoms with Crippen LogP contribution < -0.4 is 14.8 Å². The fraction of sp³-hybridized carbons (Fsp3) is 0.300. The molecular weight excluding hydrogens is 549 g/mol. The SMILES string of the molecule is C=C1c2cc(Oc3ccnc4[nH]ccc34)ccc2CCN1C(=O)Nc1cnc(OC2CCN(C)CC2)c(C(F)(F)F)c1. The molecule has 42 heavy (non-hydrogen) atoms. The van der Waals surface area contributed by atoms with Gasteiger partial charge in [0.2, 0.25) is 5.88 Å². The summed E-state index contributed by atoms with van der Waals surface area (Å²) in [6, 6.07) is 9.44. The highest BCUT2D eigenvalue weighted by molar-refractivity contribution is 5.96. The number of aromatic nitrogens is 3. The van der Waals surface area contributed by atoms with E-state index in [1.54, 1.807) is 24.5 Å². The molecule has 2 aliphatic heterocycles. The number of H-pyrrole nitrogens is 1. The minimum Gasteiger partial charge on any atom is -0.474 e. The number of piperidine rings is 1. The molecule has 9 nitrogen and oxygen atoms in total. The second-order valence-electron chi connectivity index (χ2n) is 10.4. The average Bonchev–Trinajstić information content (AvgIpc) is 3.45. The first-order valence-corrected chi connectivity index (χ1v) is 13.6. The lowest BCUT2D eigenvalue weighted by Gasteiger charge is -2.31. The van der Waals surface area contributed by atoms with Gasteiger partial charge in [-0.2, -0.15) is 13.2 Å². The largest absolute Gasteiger partial charge is 0.474 e. The number of hydrogen-bond donors (Lipinski definition) is 2. The Labute approximate surface area is 240 Å². The summed E-state index contributed by atoms with van der Waals surface area (Å²) in [4.78, 5) is 28.0. The summed E-state index contributed by atoms with van der Waals surface area (Å²) in [6.07, 6.45) is 1.29. The molecule has 5 heterocycles. The first-order chi connectivity index (χ1) is 20.2. The van der Waals surface area contributed by atoms with E-state index in [4.69, 9.17) is 9.47 Å². The van der Waals surface area contributed by atoms with Crippen LogP contribution in [0.2, 0.25) is 0 Å². The minimum absolute atomic E-state index is 0.0908. The molecule has 1 saturated heterocycles. The molecular formula is C30H29F3N6O3. The van der Waals surface area contributed by atoms with Gasteiger partial charge in [0, 0.05) is 43.3 Å². The molecule has 0 radical (unpaired) electrons. The highest BCUT2D eigenvalue weighted by Crippen LogP contribution is 2.38. The Balaban J connectivity index is 1.18. The van der Waals surface area contributed by atoms with E-state index >= 15 is 0 Å². The number of fused-ring (bicyclic) bond motifs is 2. The number of benzene rings is 1. The first kappa shape index (κ1) is 27.6. The number of carbonyl (C=O) groups excluding carboxylic acids is 1. The number of rotatable bonds is 5. The van der Waals surface area contributed by atoms with Gasteiger partial charge in [0.05, 0.1) is 17.3 Å². The molecule has 2 amide bonds. The van der Waals surface area contributed by atoms with E-state index in [0.717, 1.165) is 30.1 Å². The van der Waals surface area contributed by atoms with E-state index in [9.17, 15) is 18.0 Å². The van der Waals surface area contributed by atoms with Crippen molar-refractivity contribution < 1.29 is 27.4 Å². The van der Waals surface area contributed by atoms with Crippen LogP contribution >= 0.6 is 0 Å². The molecule has 0 saturated carbocycles. The van der Waals surface area contributed by atoms with Gasteiger partial charge < -0.3 is 24.7 Å². The quantitative estimate of drug-likeness (QED) is 0.289. The monoisotopic (exact) mass is 578 g/mol. The van der Waals surface area contributed by atoms with E-state index in [2.05, 4.69) is 31.7 Å². The number of ether oxygens (including phenoxy) is 2. The maximum Gasteiger partial charge on any atom is 0.421 e. The van der Waals surface area contributed by atoms with E-state index < -0.39 is 23.7 Å². The number of anilines is 1. The van der Waals surface area contributed by atoms with Crippen LogP contribution in [0, 0.1) is 0 Å². The standard InChI is InChI=1S/C30H29F3N6O3/c1-18-24-16-22(41-26-6-11-35-27-23(26)5-10-34-27)4-3-19(24)7-14-39(18)29(40)37-20-15-25(30(31,32)33)28(36-17-20)42-21-8-12-38(2)13-9-21/h3-6,10-11,15-17,21H,1,7-9,12-14H2,2H3,(H,34,35)(H,37,40). The molecule has 2 aliphatic rings. The maximum atomic E-state index is 13.9. The van der Waals surface area contributed by atoms with Gasteiger partial charge in [0.25, 0.3) is 0 Å². The Kier molecular flexibility index (Phi) is 7.23. The summed E-state index contributed by atoms with van der Waals surface area (Å²) < 4.78 is 53.6. The van der Waals surface area contributed by atoms with Crippen molar-refractivity contribution in [3.8, 4) is 17.4 Å². The van der Waals surface area contributed by atoms with Crippen molar-refractivity contribution in [2.75, 3.05) is 32.0 Å². The van der Waals surface area contributed by atoms with E-state index in [-0.39, 0.29) is 11.8 Å². The van der Waals surface area contributed by atoms with Crippen LogP contribution in [0.4, 0.5) is 23.7 Å². The van der Waals surface area contributed by atoms with Gasteiger partial charge in [0.15, 0.2) is 0 Å². The molecule has 1 aromatic carbocycles. The molecule has 218 valence electrons. The number of urea groups is 1. The molecule has 0 bridgehead atoms. The van der Waals surface area contributed by atoms with Crippen molar-refractivity contribution in [3.05, 3.63) is 78.3 Å². The first-order valence-electron chi connectivity index (χ1n) is 13.6. The second-order valence-corrected chi connectivity index (χ2v) is 10.4. The molecule has 3 aromatic heterocycles. The number of nitrogens with one attached hydrogen (secondary N) is 2. The number of nitrogens with zero attached hydrogens (tertiary/aromatic N) is 4. The van der Waals surface area contributed by atoms with Crippen molar-refractivity contribution in [1.82, 2.24) is 24.8 Å². The molecule has 1 fully saturated rings. The zero-order chi connectivity index (χ0) is 29.4. The van der Waals surface area contributed by atoms with Gasteiger partial charge in [-0.3, -0.25) is 4.90 Å². The van der Waals surface area contributed by atoms with E-state index in [0.29, 0.717) is 54.2 Å². The summed E-state index contributed by atoms with van der Waals surface area (Å²) in [7, 11) is 1.96. The summed E-state index contributed by atoms with van der Waals surface area (Å²) in [5, 5.41) is 3.38. The smallest absolute Gasteiger partial charge is 0.421 e. The Bertz CT molecular complexity index is 1650. The van der Waals surface area contributed by atoms with Crippen molar-refractivity contribution in [2.45, 2.75) is 31.5 Å². The molecule has 12 heteroatoms. The van der Waals surface area contributed by atoms with Crippen LogP contribution in [0.3, 0.4) is 0 Å². The summed E-state index contributed by atoms with van der Waals surface area (Å²) in [6.45, 7) is 5.88. The van der Waals surface area contributed by atoms with Crippen molar-refractivity contribution >= 4 is 28.4 Å². The minimum atomic E-state index is -4.71. The van der Waals surface area contributed by atoms with E-state index in [1.807, 2.05) is 25.2 Å². The zero-order valence-corrected chi connectivity index (χ0v) is 22.9. The number of alkyl halides is 3. The number of pyridine rings is 2. The molecule has 4 aromatic rings. The number of amides is 2. The summed E-state index contributed by atoms with van der Waals surface area (Å²) in [5.41, 5.74) is 1.68. The van der Waals surface area contributed by atoms with Crippen LogP contribution in [0.1, 0.15) is 29.5 Å². The Morgan fingerprint density at radius 1 is 1.12 bits per heavy atom. The zero-order valence-electron chi connectivity index (χ0n) is 22.9. The van der Waals surface area contributed by atoms with Gasteiger partial charge in [-0.15, -0.1) is 0 Å². The molecule has 6 rings (SSSR count). The Hall–Kier alpha value is -4.58. The average molecular weight is 579 g/mol. The van der Waals surface area contributed by atoms with Crippen molar-refractivity contribution in [3.63, 3.8) is 0 Å². The lowest BCUT2D eigenvalue weighted by atomic mass is 9.97. The lowest BCUT2D eigenvalue weighted by molar-refractivity contribution is -0.139. The van der Waals surface area contributed by atoms with E-state index in [1.165, 1.54) is 11.1 Å². The van der Waals surface area contributed by atoms with Crippen molar-refractivity contribution in [1.29, 1.82) is 0 Å². The van der Waals surface area contributed by atoms with Gasteiger partial charge >= 0.3 is 12.2 Å². The highest BCUT2D eigenvalue weighted by Gasteiger charge is 2.37. The fourth-order valence-corrected chi connectivity index (χ4v) is 5.26. The van der Waals surface area contributed by atoms with Crippen LogP contribution in [0.25, 0.3) is 16.7 Å². The van der Waals surface area contributed by atoms with Gasteiger partial charge in [-0.25, -0.2) is 14.8 Å². The Morgan fingerprint density at radius 3 is 2.71 bits per heavy atom. The summed E-state index contributed by atoms with van der Waals surface area (Å²) >= 11 is 0. The highest BCUT2D eigenvalue weighted by atomic mass is 19.4. The van der Waals surface area contributed by atoms with Crippen LogP contribution in [-0.4, -0.2) is 63.6 Å². The molecule has 0 aliphatic carbocycles. The fourth-order valence-electron chi connectivity index (χ4n) is 5.26. The number of carbonyl (C=O) groups is 1. The van der Waals surface area contributed by atoms with Crippen LogP contribution in [-0.2, 0) is 12.6 Å². The van der Waals surface area contributed by atoms with Crippen molar-refractivity contribution in [2.24, 2.45) is 0 Å². The normalized spacial score (nSPS) is 16.4.